The normalized spacial score (nSPS) is 15.7. The van der Waals surface area contributed by atoms with Gasteiger partial charge in [0.1, 0.15) is 0 Å². The van der Waals surface area contributed by atoms with Gasteiger partial charge in [0.05, 0.1) is 16.5 Å². The number of sulfonamides is 1. The summed E-state index contributed by atoms with van der Waals surface area (Å²) in [4.78, 5) is 24.5. The maximum absolute atomic E-state index is 12.7. The second-order valence-corrected chi connectivity index (χ2v) is 10.3. The number of hydrogen-bond acceptors (Lipinski definition) is 5. The lowest BCUT2D eigenvalue weighted by Crippen LogP contribution is -2.35. The van der Waals surface area contributed by atoms with Crippen molar-refractivity contribution in [3.05, 3.63) is 63.6 Å². The molecule has 1 aliphatic rings. The van der Waals surface area contributed by atoms with E-state index in [1.165, 1.54) is 28.6 Å². The van der Waals surface area contributed by atoms with E-state index >= 15 is 0 Å². The van der Waals surface area contributed by atoms with Gasteiger partial charge in [-0.3, -0.25) is 4.79 Å². The van der Waals surface area contributed by atoms with Crippen molar-refractivity contribution in [2.24, 2.45) is 0 Å². The van der Waals surface area contributed by atoms with E-state index in [1.54, 1.807) is 25.1 Å². The average molecular weight is 499 g/mol. The van der Waals surface area contributed by atoms with Crippen LogP contribution in [-0.4, -0.2) is 44.3 Å². The molecule has 1 heterocycles. The Hall–Kier alpha value is -2.13. The van der Waals surface area contributed by atoms with Crippen LogP contribution >= 0.6 is 23.2 Å². The van der Waals surface area contributed by atoms with Crippen molar-refractivity contribution in [1.29, 1.82) is 0 Å². The summed E-state index contributed by atoms with van der Waals surface area (Å²) in [7, 11) is -3.58. The number of ether oxygens (including phenoxy) is 1. The Balaban J connectivity index is 1.55. The second kappa shape index (κ2) is 10.7. The minimum atomic E-state index is -3.58. The maximum atomic E-state index is 12.7. The Morgan fingerprint density at radius 1 is 1.06 bits per heavy atom. The highest BCUT2D eigenvalue weighted by Gasteiger charge is 2.26. The van der Waals surface area contributed by atoms with Gasteiger partial charge in [-0.05, 0) is 61.7 Å². The summed E-state index contributed by atoms with van der Waals surface area (Å²) < 4.78 is 31.9. The zero-order valence-corrected chi connectivity index (χ0v) is 19.8. The van der Waals surface area contributed by atoms with Crippen LogP contribution in [0, 0.1) is 0 Å². The van der Waals surface area contributed by atoms with Crippen LogP contribution < -0.4 is 5.32 Å². The molecular formula is C22H24Cl2N2O5S. The highest BCUT2D eigenvalue weighted by molar-refractivity contribution is 7.89. The van der Waals surface area contributed by atoms with Crippen LogP contribution in [0.3, 0.4) is 0 Å². The number of benzene rings is 2. The van der Waals surface area contributed by atoms with Crippen molar-refractivity contribution in [3.63, 3.8) is 0 Å². The largest absolute Gasteiger partial charge is 0.452 e. The summed E-state index contributed by atoms with van der Waals surface area (Å²) in [6.07, 6.45) is 2.71. The molecule has 0 saturated carbocycles. The number of esters is 1. The molecule has 1 fully saturated rings. The molecule has 1 aliphatic heterocycles. The van der Waals surface area contributed by atoms with E-state index in [4.69, 9.17) is 27.9 Å². The third-order valence-corrected chi connectivity index (χ3v) is 7.66. The summed E-state index contributed by atoms with van der Waals surface area (Å²) in [5.41, 5.74) is 0.838. The SMILES string of the molecule is C[C@H](NC(=O)COC(=O)c1ccc(S(=O)(=O)N2CCCCC2)cc1)c1ccc(Cl)cc1Cl. The summed E-state index contributed by atoms with van der Waals surface area (Å²) >= 11 is 12.0. The number of piperidine rings is 1. The van der Waals surface area contributed by atoms with Gasteiger partial charge in [-0.15, -0.1) is 0 Å². The van der Waals surface area contributed by atoms with E-state index in [9.17, 15) is 18.0 Å². The third kappa shape index (κ3) is 6.01. The summed E-state index contributed by atoms with van der Waals surface area (Å²) in [5, 5.41) is 3.61. The third-order valence-electron chi connectivity index (χ3n) is 5.18. The quantitative estimate of drug-likeness (QED) is 0.577. The summed E-state index contributed by atoms with van der Waals surface area (Å²) in [5.74, 6) is -1.22. The molecule has 1 N–H and O–H groups in total. The smallest absolute Gasteiger partial charge is 0.338 e. The van der Waals surface area contributed by atoms with Crippen molar-refractivity contribution in [3.8, 4) is 0 Å². The van der Waals surface area contributed by atoms with Gasteiger partial charge in [-0.1, -0.05) is 35.7 Å². The number of carbonyl (C=O) groups excluding carboxylic acids is 2. The van der Waals surface area contributed by atoms with Crippen LogP contribution in [0.4, 0.5) is 0 Å². The molecule has 32 heavy (non-hydrogen) atoms. The molecule has 1 atom stereocenters. The molecule has 3 rings (SSSR count). The van der Waals surface area contributed by atoms with Crippen LogP contribution in [0.5, 0.6) is 0 Å². The molecular weight excluding hydrogens is 475 g/mol. The van der Waals surface area contributed by atoms with Crippen molar-refractivity contribution in [2.75, 3.05) is 19.7 Å². The number of rotatable bonds is 7. The molecule has 0 unspecified atom stereocenters. The highest BCUT2D eigenvalue weighted by atomic mass is 35.5. The molecule has 172 valence electrons. The number of nitrogens with zero attached hydrogens (tertiary/aromatic N) is 1. The number of nitrogens with one attached hydrogen (secondary N) is 1. The van der Waals surface area contributed by atoms with Crippen molar-refractivity contribution in [1.82, 2.24) is 9.62 Å². The van der Waals surface area contributed by atoms with Crippen LogP contribution in [0.15, 0.2) is 47.4 Å². The Bertz CT molecular complexity index is 1080. The fourth-order valence-corrected chi connectivity index (χ4v) is 5.53. The van der Waals surface area contributed by atoms with Gasteiger partial charge in [0.2, 0.25) is 10.0 Å². The molecule has 0 spiro atoms. The first kappa shape index (κ1) is 24.5. The molecule has 0 aliphatic carbocycles. The molecule has 1 amide bonds. The Kier molecular flexibility index (Phi) is 8.16. The zero-order chi connectivity index (χ0) is 23.3. The molecule has 0 bridgehead atoms. The minimum Gasteiger partial charge on any atom is -0.452 e. The number of carbonyl (C=O) groups is 2. The predicted molar refractivity (Wildman–Crippen MR) is 122 cm³/mol. The fraction of sp³-hybridized carbons (Fsp3) is 0.364. The van der Waals surface area contributed by atoms with Crippen LogP contribution in [0.2, 0.25) is 10.0 Å². The predicted octanol–water partition coefficient (Wildman–Crippen LogP) is 4.20. The van der Waals surface area contributed by atoms with Crippen molar-refractivity contribution >= 4 is 45.1 Å². The molecule has 10 heteroatoms. The summed E-state index contributed by atoms with van der Waals surface area (Å²) in [6, 6.07) is 10.1. The van der Waals surface area contributed by atoms with Crippen LogP contribution in [0.1, 0.15) is 48.1 Å². The van der Waals surface area contributed by atoms with Crippen LogP contribution in [-0.2, 0) is 19.6 Å². The van der Waals surface area contributed by atoms with Crippen LogP contribution in [0.25, 0.3) is 0 Å². The average Bonchev–Trinajstić information content (AvgIpc) is 2.78. The first-order chi connectivity index (χ1) is 15.2. The first-order valence-electron chi connectivity index (χ1n) is 10.2. The minimum absolute atomic E-state index is 0.127. The Morgan fingerprint density at radius 3 is 2.34 bits per heavy atom. The van der Waals surface area contributed by atoms with Gasteiger partial charge in [0, 0.05) is 23.1 Å². The number of halogens is 2. The monoisotopic (exact) mass is 498 g/mol. The highest BCUT2D eigenvalue weighted by Crippen LogP contribution is 2.26. The van der Waals surface area contributed by atoms with Gasteiger partial charge >= 0.3 is 5.97 Å². The van der Waals surface area contributed by atoms with E-state index in [2.05, 4.69) is 5.32 Å². The molecule has 0 radical (unpaired) electrons. The lowest BCUT2D eigenvalue weighted by molar-refractivity contribution is -0.124. The Morgan fingerprint density at radius 2 is 1.72 bits per heavy atom. The standard InChI is InChI=1S/C22H24Cl2N2O5S/c1-15(19-10-7-17(23)13-20(19)24)25-21(27)14-31-22(28)16-5-8-18(9-6-16)32(29,30)26-11-3-2-4-12-26/h5-10,13,15H,2-4,11-12,14H2,1H3,(H,25,27)/t15-/m0/s1. The lowest BCUT2D eigenvalue weighted by Gasteiger charge is -2.25. The molecule has 2 aromatic carbocycles. The first-order valence-corrected chi connectivity index (χ1v) is 12.4. The number of amides is 1. The lowest BCUT2D eigenvalue weighted by atomic mass is 10.1. The van der Waals surface area contributed by atoms with Gasteiger partial charge in [-0.25, -0.2) is 13.2 Å². The van der Waals surface area contributed by atoms with E-state index in [0.717, 1.165) is 19.3 Å². The maximum Gasteiger partial charge on any atom is 0.338 e. The Labute approximate surface area is 197 Å². The van der Waals surface area contributed by atoms with Gasteiger partial charge in [0.25, 0.3) is 5.91 Å². The second-order valence-electron chi connectivity index (χ2n) is 7.52. The molecule has 2 aromatic rings. The van der Waals surface area contributed by atoms with Gasteiger partial charge in [-0.2, -0.15) is 4.31 Å². The van der Waals surface area contributed by atoms with E-state index in [0.29, 0.717) is 28.7 Å². The molecule has 7 nitrogen and oxygen atoms in total. The number of hydrogen-bond donors (Lipinski definition) is 1. The van der Waals surface area contributed by atoms with Crippen molar-refractivity contribution < 1.29 is 22.7 Å². The van der Waals surface area contributed by atoms with E-state index in [-0.39, 0.29) is 10.5 Å². The fourth-order valence-electron chi connectivity index (χ4n) is 3.45. The van der Waals surface area contributed by atoms with E-state index in [1.807, 2.05) is 0 Å². The molecule has 1 saturated heterocycles. The topological polar surface area (TPSA) is 92.8 Å². The van der Waals surface area contributed by atoms with Gasteiger partial charge in [0.15, 0.2) is 6.61 Å². The van der Waals surface area contributed by atoms with Crippen molar-refractivity contribution in [2.45, 2.75) is 37.1 Å². The van der Waals surface area contributed by atoms with Gasteiger partial charge < -0.3 is 10.1 Å². The zero-order valence-electron chi connectivity index (χ0n) is 17.5. The van der Waals surface area contributed by atoms with E-state index < -0.39 is 34.5 Å². The molecule has 0 aromatic heterocycles. The summed E-state index contributed by atoms with van der Waals surface area (Å²) in [6.45, 7) is 2.26.